The van der Waals surface area contributed by atoms with Gasteiger partial charge in [0.25, 0.3) is 5.91 Å². The molecule has 1 saturated heterocycles. The maximum absolute atomic E-state index is 12.8. The summed E-state index contributed by atoms with van der Waals surface area (Å²) in [5, 5.41) is 0.685. The molecule has 2 aromatic rings. The smallest absolute Gasteiger partial charge is 0.253 e. The van der Waals surface area contributed by atoms with Crippen molar-refractivity contribution in [1.82, 2.24) is 4.90 Å². The number of nitrogens with zero attached hydrogens (tertiary/aromatic N) is 1. The van der Waals surface area contributed by atoms with E-state index in [4.69, 9.17) is 17.3 Å². The Labute approximate surface area is 154 Å². The van der Waals surface area contributed by atoms with Gasteiger partial charge in [0.1, 0.15) is 0 Å². The molecule has 0 radical (unpaired) electrons. The summed E-state index contributed by atoms with van der Waals surface area (Å²) >= 11 is 6.05. The van der Waals surface area contributed by atoms with Crippen molar-refractivity contribution in [1.29, 1.82) is 0 Å². The van der Waals surface area contributed by atoms with Gasteiger partial charge in [-0.1, -0.05) is 41.9 Å². The summed E-state index contributed by atoms with van der Waals surface area (Å²) in [7, 11) is 0. The zero-order valence-electron chi connectivity index (χ0n) is 13.6. The van der Waals surface area contributed by atoms with E-state index in [9.17, 15) is 4.79 Å². The molecule has 3 rings (SSSR count). The summed E-state index contributed by atoms with van der Waals surface area (Å²) in [5.74, 6) is 0.662. The van der Waals surface area contributed by atoms with Gasteiger partial charge in [0, 0.05) is 29.6 Å². The number of amides is 1. The van der Waals surface area contributed by atoms with Crippen LogP contribution in [-0.2, 0) is 0 Å². The maximum Gasteiger partial charge on any atom is 0.253 e. The highest BCUT2D eigenvalue weighted by atomic mass is 35.5. The molecule has 0 aromatic heterocycles. The van der Waals surface area contributed by atoms with Crippen LogP contribution < -0.4 is 5.73 Å². The monoisotopic (exact) mass is 364 g/mol. The van der Waals surface area contributed by atoms with E-state index in [2.05, 4.69) is 12.1 Å². The topological polar surface area (TPSA) is 46.3 Å². The second kappa shape index (κ2) is 8.02. The minimum absolute atomic E-state index is 0. The Bertz CT molecular complexity index is 706. The highest BCUT2D eigenvalue weighted by Gasteiger charge is 2.35. The van der Waals surface area contributed by atoms with Gasteiger partial charge in [-0.2, -0.15) is 0 Å². The van der Waals surface area contributed by atoms with Crippen molar-refractivity contribution >= 4 is 29.9 Å². The van der Waals surface area contributed by atoms with Gasteiger partial charge < -0.3 is 10.6 Å². The molecular formula is C19H22Cl2N2O. The third kappa shape index (κ3) is 3.75. The highest BCUT2D eigenvalue weighted by Crippen LogP contribution is 2.33. The number of carbonyl (C=O) groups excluding carboxylic acids is 1. The third-order valence-corrected chi connectivity index (χ3v) is 5.09. The van der Waals surface area contributed by atoms with Gasteiger partial charge in [0.15, 0.2) is 0 Å². The van der Waals surface area contributed by atoms with E-state index in [0.717, 1.165) is 5.56 Å². The van der Waals surface area contributed by atoms with Crippen LogP contribution in [0, 0.1) is 12.8 Å². The minimum atomic E-state index is 0. The molecule has 0 saturated carbocycles. The highest BCUT2D eigenvalue weighted by molar-refractivity contribution is 6.31. The summed E-state index contributed by atoms with van der Waals surface area (Å²) < 4.78 is 0. The van der Waals surface area contributed by atoms with Crippen LogP contribution in [0.15, 0.2) is 48.5 Å². The Balaban J connectivity index is 0.00000208. The molecule has 1 heterocycles. The first-order chi connectivity index (χ1) is 11.1. The lowest BCUT2D eigenvalue weighted by atomic mass is 9.89. The minimum Gasteiger partial charge on any atom is -0.338 e. The molecule has 5 heteroatoms. The Morgan fingerprint density at radius 3 is 2.54 bits per heavy atom. The fraction of sp³-hybridized carbons (Fsp3) is 0.316. The normalized spacial score (nSPS) is 19.9. The van der Waals surface area contributed by atoms with Gasteiger partial charge in [-0.3, -0.25) is 4.79 Å². The molecule has 1 amide bonds. The summed E-state index contributed by atoms with van der Waals surface area (Å²) in [6.45, 7) is 3.92. The van der Waals surface area contributed by atoms with Crippen molar-refractivity contribution in [2.45, 2.75) is 12.8 Å². The van der Waals surface area contributed by atoms with Gasteiger partial charge in [0.05, 0.1) is 0 Å². The summed E-state index contributed by atoms with van der Waals surface area (Å²) in [4.78, 5) is 14.7. The molecule has 2 N–H and O–H groups in total. The molecule has 0 aliphatic carbocycles. The van der Waals surface area contributed by atoms with Crippen LogP contribution in [0.3, 0.4) is 0 Å². The zero-order chi connectivity index (χ0) is 16.4. The Kier molecular flexibility index (Phi) is 6.27. The fourth-order valence-electron chi connectivity index (χ4n) is 3.31. The first kappa shape index (κ1) is 18.8. The largest absolute Gasteiger partial charge is 0.338 e. The number of benzene rings is 2. The number of rotatable bonds is 3. The molecule has 1 aliphatic rings. The van der Waals surface area contributed by atoms with Crippen molar-refractivity contribution < 1.29 is 4.79 Å². The van der Waals surface area contributed by atoms with Gasteiger partial charge >= 0.3 is 0 Å². The molecule has 1 aliphatic heterocycles. The maximum atomic E-state index is 12.8. The lowest BCUT2D eigenvalue weighted by Crippen LogP contribution is -2.29. The predicted molar refractivity (Wildman–Crippen MR) is 101 cm³/mol. The van der Waals surface area contributed by atoms with E-state index in [1.165, 1.54) is 5.56 Å². The average Bonchev–Trinajstić information content (AvgIpc) is 3.02. The van der Waals surface area contributed by atoms with Gasteiger partial charge in [0.2, 0.25) is 0 Å². The third-order valence-electron chi connectivity index (χ3n) is 4.66. The van der Waals surface area contributed by atoms with Crippen LogP contribution in [0.5, 0.6) is 0 Å². The van der Waals surface area contributed by atoms with Crippen molar-refractivity contribution in [2.24, 2.45) is 11.7 Å². The standard InChI is InChI=1S/C19H21ClN2O.ClH/c1-13-9-15(7-8-18(13)20)19(23)22-11-16(10-21)17(12-22)14-5-3-2-4-6-14;/h2-9,16-17H,10-12,21H2,1H3;1H/t16-,17+;/m1./s1. The summed E-state index contributed by atoms with van der Waals surface area (Å²) in [5.41, 5.74) is 8.82. The number of likely N-dealkylation sites (tertiary alicyclic amines) is 1. The van der Waals surface area contributed by atoms with E-state index in [1.54, 1.807) is 12.1 Å². The van der Waals surface area contributed by atoms with Crippen molar-refractivity contribution in [3.05, 3.63) is 70.2 Å². The number of nitrogens with two attached hydrogens (primary N) is 1. The molecular weight excluding hydrogens is 343 g/mol. The van der Waals surface area contributed by atoms with Crippen molar-refractivity contribution in [2.75, 3.05) is 19.6 Å². The van der Waals surface area contributed by atoms with Crippen LogP contribution in [-0.4, -0.2) is 30.4 Å². The molecule has 0 unspecified atom stereocenters. The van der Waals surface area contributed by atoms with Gasteiger partial charge in [-0.05, 0) is 48.7 Å². The molecule has 128 valence electrons. The van der Waals surface area contributed by atoms with Crippen LogP contribution in [0.1, 0.15) is 27.4 Å². The number of halogens is 2. The molecule has 2 atom stereocenters. The lowest BCUT2D eigenvalue weighted by molar-refractivity contribution is 0.0786. The molecule has 2 aromatic carbocycles. The molecule has 0 bridgehead atoms. The van der Waals surface area contributed by atoms with Crippen LogP contribution in [0.25, 0.3) is 0 Å². The molecule has 1 fully saturated rings. The number of carbonyl (C=O) groups is 1. The Morgan fingerprint density at radius 1 is 1.21 bits per heavy atom. The Morgan fingerprint density at radius 2 is 1.92 bits per heavy atom. The SMILES string of the molecule is Cc1cc(C(=O)N2C[C@@H](CN)[C@H](c3ccccc3)C2)ccc1Cl.Cl. The number of hydrogen-bond acceptors (Lipinski definition) is 2. The quantitative estimate of drug-likeness (QED) is 0.897. The van der Waals surface area contributed by atoms with E-state index >= 15 is 0 Å². The second-order valence-corrected chi connectivity index (χ2v) is 6.59. The lowest BCUT2D eigenvalue weighted by Gasteiger charge is -2.17. The van der Waals surface area contributed by atoms with Crippen LogP contribution in [0.2, 0.25) is 5.02 Å². The zero-order valence-corrected chi connectivity index (χ0v) is 15.2. The number of hydrogen-bond donors (Lipinski definition) is 1. The van der Waals surface area contributed by atoms with E-state index in [0.29, 0.717) is 42.1 Å². The first-order valence-electron chi connectivity index (χ1n) is 7.90. The molecule has 3 nitrogen and oxygen atoms in total. The Hall–Kier alpha value is -1.55. The number of aryl methyl sites for hydroxylation is 1. The summed E-state index contributed by atoms with van der Waals surface area (Å²) in [6, 6.07) is 15.8. The van der Waals surface area contributed by atoms with E-state index in [-0.39, 0.29) is 18.3 Å². The van der Waals surface area contributed by atoms with E-state index in [1.807, 2.05) is 36.1 Å². The summed E-state index contributed by atoms with van der Waals surface area (Å²) in [6.07, 6.45) is 0. The molecule has 0 spiro atoms. The van der Waals surface area contributed by atoms with Crippen LogP contribution >= 0.6 is 24.0 Å². The van der Waals surface area contributed by atoms with Gasteiger partial charge in [-0.25, -0.2) is 0 Å². The van der Waals surface area contributed by atoms with E-state index < -0.39 is 0 Å². The fourth-order valence-corrected chi connectivity index (χ4v) is 3.43. The van der Waals surface area contributed by atoms with Crippen molar-refractivity contribution in [3.8, 4) is 0 Å². The molecule has 24 heavy (non-hydrogen) atoms. The predicted octanol–water partition coefficient (Wildman–Crippen LogP) is 3.88. The second-order valence-electron chi connectivity index (χ2n) is 6.19. The van der Waals surface area contributed by atoms with Crippen LogP contribution in [0.4, 0.5) is 0 Å². The van der Waals surface area contributed by atoms with Gasteiger partial charge in [-0.15, -0.1) is 12.4 Å². The van der Waals surface area contributed by atoms with Crippen molar-refractivity contribution in [3.63, 3.8) is 0 Å². The average molecular weight is 365 g/mol. The first-order valence-corrected chi connectivity index (χ1v) is 8.28.